The summed E-state index contributed by atoms with van der Waals surface area (Å²) in [6, 6.07) is 12.9. The summed E-state index contributed by atoms with van der Waals surface area (Å²) in [6.45, 7) is -0.156. The highest BCUT2D eigenvalue weighted by molar-refractivity contribution is 5.92. The highest BCUT2D eigenvalue weighted by Gasteiger charge is 2.47. The van der Waals surface area contributed by atoms with Gasteiger partial charge in [-0.3, -0.25) is 9.59 Å². The average Bonchev–Trinajstić information content (AvgIpc) is 3.12. The summed E-state index contributed by atoms with van der Waals surface area (Å²) >= 11 is 0. The van der Waals surface area contributed by atoms with Gasteiger partial charge >= 0.3 is 5.97 Å². The van der Waals surface area contributed by atoms with Crippen molar-refractivity contribution in [3.05, 3.63) is 48.0 Å². The zero-order valence-electron chi connectivity index (χ0n) is 16.3. The fourth-order valence-corrected chi connectivity index (χ4v) is 4.99. The molecule has 0 aromatic heterocycles. The Labute approximate surface area is 169 Å². The van der Waals surface area contributed by atoms with Gasteiger partial charge in [0.1, 0.15) is 6.04 Å². The molecule has 2 aromatic rings. The second-order valence-electron chi connectivity index (χ2n) is 8.09. The van der Waals surface area contributed by atoms with Crippen molar-refractivity contribution in [3.63, 3.8) is 0 Å². The summed E-state index contributed by atoms with van der Waals surface area (Å²) < 4.78 is 0. The minimum absolute atomic E-state index is 0.00711. The third-order valence-corrected chi connectivity index (χ3v) is 6.33. The summed E-state index contributed by atoms with van der Waals surface area (Å²) in [5.41, 5.74) is 0.907. The van der Waals surface area contributed by atoms with Crippen LogP contribution >= 0.6 is 0 Å². The van der Waals surface area contributed by atoms with Crippen LogP contribution in [0.3, 0.4) is 0 Å². The Bertz CT molecular complexity index is 936. The molecule has 2 fully saturated rings. The number of nitrogens with zero attached hydrogens (tertiary/aromatic N) is 1. The number of carbonyl (C=O) groups excluding carboxylic acids is 2. The standard InChI is InChI=1S/C23H26N2O4/c26-21(13-16-9-5-8-15-6-1-3-10-18(15)16)24-14-22(27)25-19-11-4-2-7-17(19)12-20(25)23(28)29/h1,3,5-6,8-10,17,19-20H,2,4,7,11-14H2,(H,24,26)(H,28,29). The second-order valence-corrected chi connectivity index (χ2v) is 8.09. The SMILES string of the molecule is O=C(Cc1cccc2ccccc12)NCC(=O)N1C(C(=O)O)CC2CCCCC21. The van der Waals surface area contributed by atoms with E-state index in [1.54, 1.807) is 0 Å². The van der Waals surface area contributed by atoms with E-state index < -0.39 is 12.0 Å². The van der Waals surface area contributed by atoms with Crippen LogP contribution in [0, 0.1) is 5.92 Å². The van der Waals surface area contributed by atoms with E-state index in [0.717, 1.165) is 42.0 Å². The molecule has 2 N–H and O–H groups in total. The van der Waals surface area contributed by atoms with Crippen LogP contribution in [0.5, 0.6) is 0 Å². The third kappa shape index (κ3) is 3.97. The smallest absolute Gasteiger partial charge is 0.326 e. The van der Waals surface area contributed by atoms with Crippen LogP contribution in [0.4, 0.5) is 0 Å². The Morgan fingerprint density at radius 3 is 2.62 bits per heavy atom. The van der Waals surface area contributed by atoms with Gasteiger partial charge in [-0.15, -0.1) is 0 Å². The van der Waals surface area contributed by atoms with Crippen molar-refractivity contribution in [2.45, 2.75) is 50.6 Å². The zero-order chi connectivity index (χ0) is 20.4. The van der Waals surface area contributed by atoms with Crippen molar-refractivity contribution in [2.24, 2.45) is 5.92 Å². The van der Waals surface area contributed by atoms with Crippen molar-refractivity contribution >= 4 is 28.6 Å². The second kappa shape index (κ2) is 8.23. The van der Waals surface area contributed by atoms with Crippen LogP contribution in [0.1, 0.15) is 37.7 Å². The summed E-state index contributed by atoms with van der Waals surface area (Å²) in [7, 11) is 0. The largest absolute Gasteiger partial charge is 0.480 e. The summed E-state index contributed by atoms with van der Waals surface area (Å²) in [5.74, 6) is -1.21. The lowest BCUT2D eigenvalue weighted by Crippen LogP contribution is -2.50. The van der Waals surface area contributed by atoms with E-state index in [0.29, 0.717) is 6.42 Å². The first-order valence-electron chi connectivity index (χ1n) is 10.3. The van der Waals surface area contributed by atoms with Crippen molar-refractivity contribution in [3.8, 4) is 0 Å². The molecular formula is C23H26N2O4. The Morgan fingerprint density at radius 2 is 1.79 bits per heavy atom. The molecule has 152 valence electrons. The molecule has 1 aliphatic heterocycles. The number of hydrogen-bond donors (Lipinski definition) is 2. The van der Waals surface area contributed by atoms with Gasteiger partial charge in [-0.25, -0.2) is 4.79 Å². The molecule has 1 saturated heterocycles. The summed E-state index contributed by atoms with van der Waals surface area (Å²) in [6.07, 6.45) is 4.65. The summed E-state index contributed by atoms with van der Waals surface area (Å²) in [5, 5.41) is 14.4. The minimum Gasteiger partial charge on any atom is -0.480 e. The highest BCUT2D eigenvalue weighted by Crippen LogP contribution is 2.39. The maximum absolute atomic E-state index is 12.8. The van der Waals surface area contributed by atoms with Crippen LogP contribution in [-0.2, 0) is 20.8 Å². The number of benzene rings is 2. The number of fused-ring (bicyclic) bond motifs is 2. The molecule has 2 aliphatic rings. The molecule has 0 bridgehead atoms. The number of amides is 2. The van der Waals surface area contributed by atoms with E-state index in [9.17, 15) is 19.5 Å². The molecule has 0 radical (unpaired) electrons. The Hall–Kier alpha value is -2.89. The molecular weight excluding hydrogens is 368 g/mol. The number of rotatable bonds is 5. The van der Waals surface area contributed by atoms with E-state index in [-0.39, 0.29) is 36.7 Å². The van der Waals surface area contributed by atoms with E-state index in [4.69, 9.17) is 0 Å². The van der Waals surface area contributed by atoms with Gasteiger partial charge in [-0.2, -0.15) is 0 Å². The van der Waals surface area contributed by atoms with Crippen LogP contribution in [-0.4, -0.2) is 46.4 Å². The maximum Gasteiger partial charge on any atom is 0.326 e. The van der Waals surface area contributed by atoms with Crippen molar-refractivity contribution in [2.75, 3.05) is 6.54 Å². The molecule has 2 aromatic carbocycles. The Balaban J connectivity index is 1.40. The number of nitrogens with one attached hydrogen (secondary N) is 1. The number of hydrogen-bond acceptors (Lipinski definition) is 3. The predicted octanol–water partition coefficient (Wildman–Crippen LogP) is 2.74. The van der Waals surface area contributed by atoms with Crippen LogP contribution < -0.4 is 5.32 Å². The summed E-state index contributed by atoms with van der Waals surface area (Å²) in [4.78, 5) is 38.5. The lowest BCUT2D eigenvalue weighted by molar-refractivity contribution is -0.149. The Morgan fingerprint density at radius 1 is 1.03 bits per heavy atom. The minimum atomic E-state index is -0.949. The number of carboxylic acids is 1. The quantitative estimate of drug-likeness (QED) is 0.816. The van der Waals surface area contributed by atoms with E-state index in [2.05, 4.69) is 5.32 Å². The topological polar surface area (TPSA) is 86.7 Å². The first kappa shape index (κ1) is 19.4. The fourth-order valence-electron chi connectivity index (χ4n) is 4.99. The first-order valence-corrected chi connectivity index (χ1v) is 10.3. The highest BCUT2D eigenvalue weighted by atomic mass is 16.4. The number of carboxylic acid groups (broad SMARTS) is 1. The molecule has 6 nitrogen and oxygen atoms in total. The first-order chi connectivity index (χ1) is 14.0. The molecule has 3 atom stereocenters. The normalized spacial score (nSPS) is 23.6. The number of carbonyl (C=O) groups is 3. The molecule has 1 saturated carbocycles. The van der Waals surface area contributed by atoms with Gasteiger partial charge in [-0.05, 0) is 41.5 Å². The lowest BCUT2D eigenvalue weighted by Gasteiger charge is -2.33. The molecule has 29 heavy (non-hydrogen) atoms. The van der Waals surface area contributed by atoms with Crippen LogP contribution in [0.2, 0.25) is 0 Å². The fraction of sp³-hybridized carbons (Fsp3) is 0.435. The molecule has 0 spiro atoms. The number of aliphatic carboxylic acids is 1. The van der Waals surface area contributed by atoms with Crippen LogP contribution in [0.25, 0.3) is 10.8 Å². The van der Waals surface area contributed by atoms with Crippen LogP contribution in [0.15, 0.2) is 42.5 Å². The zero-order valence-corrected chi connectivity index (χ0v) is 16.3. The van der Waals surface area contributed by atoms with Gasteiger partial charge in [0, 0.05) is 6.04 Å². The van der Waals surface area contributed by atoms with Crippen molar-refractivity contribution < 1.29 is 19.5 Å². The average molecular weight is 394 g/mol. The van der Waals surface area contributed by atoms with E-state index >= 15 is 0 Å². The molecule has 4 rings (SSSR count). The number of likely N-dealkylation sites (tertiary alicyclic amines) is 1. The van der Waals surface area contributed by atoms with Gasteiger partial charge in [0.15, 0.2) is 0 Å². The molecule has 2 amide bonds. The van der Waals surface area contributed by atoms with Crippen molar-refractivity contribution in [1.29, 1.82) is 0 Å². The molecule has 3 unspecified atom stereocenters. The van der Waals surface area contributed by atoms with Crippen molar-refractivity contribution in [1.82, 2.24) is 10.2 Å². The van der Waals surface area contributed by atoms with Gasteiger partial charge in [0.25, 0.3) is 0 Å². The van der Waals surface area contributed by atoms with Gasteiger partial charge in [-0.1, -0.05) is 55.3 Å². The monoisotopic (exact) mass is 394 g/mol. The maximum atomic E-state index is 12.8. The molecule has 6 heteroatoms. The van der Waals surface area contributed by atoms with Gasteiger partial charge in [0.2, 0.25) is 11.8 Å². The molecule has 1 aliphatic carbocycles. The van der Waals surface area contributed by atoms with Gasteiger partial charge < -0.3 is 15.3 Å². The third-order valence-electron chi connectivity index (χ3n) is 6.33. The van der Waals surface area contributed by atoms with Gasteiger partial charge in [0.05, 0.1) is 13.0 Å². The molecule has 1 heterocycles. The predicted molar refractivity (Wildman–Crippen MR) is 109 cm³/mol. The Kier molecular flexibility index (Phi) is 5.51. The lowest BCUT2D eigenvalue weighted by atomic mass is 9.85. The van der Waals surface area contributed by atoms with E-state index in [1.165, 1.54) is 4.90 Å². The van der Waals surface area contributed by atoms with E-state index in [1.807, 2.05) is 42.5 Å².